The molecule has 1 atom stereocenters. The summed E-state index contributed by atoms with van der Waals surface area (Å²) >= 11 is 1.79. The molecular weight excluding hydrogens is 274 g/mol. The second-order valence-corrected chi connectivity index (χ2v) is 6.18. The molecular formula is C15H19NO3S. The van der Waals surface area contributed by atoms with Crippen molar-refractivity contribution in [3.8, 4) is 0 Å². The van der Waals surface area contributed by atoms with Crippen molar-refractivity contribution in [1.82, 2.24) is 0 Å². The van der Waals surface area contributed by atoms with Crippen LogP contribution in [-0.2, 0) is 9.59 Å². The molecule has 5 heteroatoms. The monoisotopic (exact) mass is 293 g/mol. The fourth-order valence-corrected chi connectivity index (χ4v) is 3.46. The van der Waals surface area contributed by atoms with Crippen LogP contribution in [0.1, 0.15) is 18.4 Å². The number of amides is 1. The Hall–Kier alpha value is -1.49. The number of hydrogen-bond donors (Lipinski definition) is 1. The molecule has 0 aliphatic carbocycles. The van der Waals surface area contributed by atoms with E-state index in [1.165, 1.54) is 0 Å². The van der Waals surface area contributed by atoms with Gasteiger partial charge in [0.2, 0.25) is 5.91 Å². The largest absolute Gasteiger partial charge is 0.481 e. The van der Waals surface area contributed by atoms with E-state index in [4.69, 9.17) is 5.11 Å². The zero-order chi connectivity index (χ0) is 14.5. The minimum atomic E-state index is -0.879. The predicted molar refractivity (Wildman–Crippen MR) is 81.2 cm³/mol. The van der Waals surface area contributed by atoms with Gasteiger partial charge >= 0.3 is 5.97 Å². The Bertz CT molecular complexity index is 480. The van der Waals surface area contributed by atoms with Crippen LogP contribution in [0.2, 0.25) is 0 Å². The number of carboxylic acid groups (broad SMARTS) is 1. The molecule has 0 radical (unpaired) electrons. The maximum Gasteiger partial charge on any atom is 0.305 e. The fraction of sp³-hybridized carbons (Fsp3) is 0.467. The summed E-state index contributed by atoms with van der Waals surface area (Å²) in [6.45, 7) is 2.22. The van der Waals surface area contributed by atoms with Gasteiger partial charge in [0.15, 0.2) is 0 Å². The third-order valence-electron chi connectivity index (χ3n) is 3.44. The third kappa shape index (κ3) is 3.76. The van der Waals surface area contributed by atoms with Gasteiger partial charge in [-0.05, 0) is 31.2 Å². The summed E-state index contributed by atoms with van der Waals surface area (Å²) in [6.07, 6.45) is 0.860. The Kier molecular flexibility index (Phi) is 5.06. The van der Waals surface area contributed by atoms with Gasteiger partial charge in [0.25, 0.3) is 0 Å². The van der Waals surface area contributed by atoms with Crippen LogP contribution >= 0.6 is 11.8 Å². The van der Waals surface area contributed by atoms with Gasteiger partial charge in [-0.2, -0.15) is 11.8 Å². The van der Waals surface area contributed by atoms with Gasteiger partial charge < -0.3 is 10.0 Å². The molecule has 1 amide bonds. The highest BCUT2D eigenvalue weighted by molar-refractivity contribution is 7.99. The van der Waals surface area contributed by atoms with E-state index in [1.54, 1.807) is 16.7 Å². The van der Waals surface area contributed by atoms with Crippen LogP contribution in [0.15, 0.2) is 24.3 Å². The van der Waals surface area contributed by atoms with E-state index in [2.05, 4.69) is 0 Å². The maximum absolute atomic E-state index is 12.6. The van der Waals surface area contributed by atoms with Crippen LogP contribution in [0.25, 0.3) is 0 Å². The molecule has 0 spiro atoms. The van der Waals surface area contributed by atoms with Crippen LogP contribution in [0, 0.1) is 12.8 Å². The molecule has 0 saturated carbocycles. The van der Waals surface area contributed by atoms with Crippen molar-refractivity contribution in [3.63, 3.8) is 0 Å². The first kappa shape index (κ1) is 14.9. The van der Waals surface area contributed by atoms with E-state index in [0.29, 0.717) is 0 Å². The smallest absolute Gasteiger partial charge is 0.305 e. The Morgan fingerprint density at radius 3 is 2.60 bits per heavy atom. The highest BCUT2D eigenvalue weighted by atomic mass is 32.2. The van der Waals surface area contributed by atoms with Crippen molar-refractivity contribution in [1.29, 1.82) is 0 Å². The lowest BCUT2D eigenvalue weighted by Gasteiger charge is -2.25. The van der Waals surface area contributed by atoms with Crippen LogP contribution in [0.3, 0.4) is 0 Å². The quantitative estimate of drug-likeness (QED) is 0.906. The summed E-state index contributed by atoms with van der Waals surface area (Å²) < 4.78 is 0. The SMILES string of the molecule is Cc1ccc(N(CCC(=O)O)C(=O)C2CCSC2)cc1. The minimum Gasteiger partial charge on any atom is -0.481 e. The number of rotatable bonds is 5. The van der Waals surface area contributed by atoms with E-state index in [1.807, 2.05) is 31.2 Å². The van der Waals surface area contributed by atoms with Crippen molar-refractivity contribution in [2.75, 3.05) is 23.0 Å². The van der Waals surface area contributed by atoms with Gasteiger partial charge in [0, 0.05) is 23.9 Å². The predicted octanol–water partition coefficient (Wildman–Crippen LogP) is 2.56. The van der Waals surface area contributed by atoms with Crippen molar-refractivity contribution < 1.29 is 14.7 Å². The number of benzene rings is 1. The summed E-state index contributed by atoms with van der Waals surface area (Å²) in [5.74, 6) is 1.05. The molecule has 20 heavy (non-hydrogen) atoms. The molecule has 108 valence electrons. The molecule has 0 bridgehead atoms. The Labute approximate surface area is 123 Å². The lowest BCUT2D eigenvalue weighted by Crippen LogP contribution is -2.37. The molecule has 1 aromatic carbocycles. The van der Waals surface area contributed by atoms with Crippen molar-refractivity contribution in [2.24, 2.45) is 5.92 Å². The third-order valence-corrected chi connectivity index (χ3v) is 4.60. The van der Waals surface area contributed by atoms with E-state index < -0.39 is 5.97 Å². The standard InChI is InChI=1S/C15H19NO3S/c1-11-2-4-13(5-3-11)16(8-6-14(17)18)15(19)12-7-9-20-10-12/h2-5,12H,6-10H2,1H3,(H,17,18). The van der Waals surface area contributed by atoms with Gasteiger partial charge in [-0.1, -0.05) is 17.7 Å². The topological polar surface area (TPSA) is 57.6 Å². The molecule has 1 unspecified atom stereocenters. The van der Waals surface area contributed by atoms with Crippen LogP contribution in [0.5, 0.6) is 0 Å². The summed E-state index contributed by atoms with van der Waals surface area (Å²) in [7, 11) is 0. The number of carboxylic acids is 1. The van der Waals surface area contributed by atoms with Crippen LogP contribution in [0.4, 0.5) is 5.69 Å². The summed E-state index contributed by atoms with van der Waals surface area (Å²) in [5, 5.41) is 8.86. The molecule has 1 N–H and O–H groups in total. The number of aryl methyl sites for hydroxylation is 1. The second kappa shape index (κ2) is 6.79. The summed E-state index contributed by atoms with van der Waals surface area (Å²) in [4.78, 5) is 25.0. The number of hydrogen-bond acceptors (Lipinski definition) is 3. The number of thioether (sulfide) groups is 1. The van der Waals surface area contributed by atoms with E-state index >= 15 is 0 Å². The molecule has 2 rings (SSSR count). The molecule has 1 aliphatic rings. The fourth-order valence-electron chi connectivity index (χ4n) is 2.25. The first-order valence-corrected chi connectivity index (χ1v) is 7.91. The van der Waals surface area contributed by atoms with Gasteiger partial charge in [-0.25, -0.2) is 0 Å². The number of aliphatic carboxylic acids is 1. The number of anilines is 1. The second-order valence-electron chi connectivity index (χ2n) is 5.03. The highest BCUT2D eigenvalue weighted by Gasteiger charge is 2.28. The summed E-state index contributed by atoms with van der Waals surface area (Å²) in [6, 6.07) is 7.66. The van der Waals surface area contributed by atoms with E-state index in [0.717, 1.165) is 29.2 Å². The van der Waals surface area contributed by atoms with Crippen molar-refractivity contribution >= 4 is 29.3 Å². The van der Waals surface area contributed by atoms with Crippen LogP contribution in [-0.4, -0.2) is 35.0 Å². The molecule has 0 aromatic heterocycles. The lowest BCUT2D eigenvalue weighted by atomic mass is 10.1. The Morgan fingerprint density at radius 2 is 2.05 bits per heavy atom. The molecule has 1 heterocycles. The minimum absolute atomic E-state index is 0.0232. The number of carbonyl (C=O) groups excluding carboxylic acids is 1. The van der Waals surface area contributed by atoms with E-state index in [-0.39, 0.29) is 24.8 Å². The first-order chi connectivity index (χ1) is 9.58. The van der Waals surface area contributed by atoms with Gasteiger partial charge in [-0.15, -0.1) is 0 Å². The van der Waals surface area contributed by atoms with Crippen molar-refractivity contribution in [3.05, 3.63) is 29.8 Å². The Balaban J connectivity index is 2.16. The first-order valence-electron chi connectivity index (χ1n) is 6.75. The van der Waals surface area contributed by atoms with E-state index in [9.17, 15) is 9.59 Å². The van der Waals surface area contributed by atoms with Gasteiger partial charge in [0.1, 0.15) is 0 Å². The zero-order valence-corrected chi connectivity index (χ0v) is 12.4. The number of carbonyl (C=O) groups is 2. The van der Waals surface area contributed by atoms with Crippen molar-refractivity contribution in [2.45, 2.75) is 19.8 Å². The zero-order valence-electron chi connectivity index (χ0n) is 11.5. The average Bonchev–Trinajstić information content (AvgIpc) is 2.94. The summed E-state index contributed by atoms with van der Waals surface area (Å²) in [5.41, 5.74) is 1.91. The molecule has 1 saturated heterocycles. The molecule has 4 nitrogen and oxygen atoms in total. The highest BCUT2D eigenvalue weighted by Crippen LogP contribution is 2.27. The normalized spacial score (nSPS) is 17.9. The molecule has 1 aliphatic heterocycles. The average molecular weight is 293 g/mol. The number of nitrogens with zero attached hydrogens (tertiary/aromatic N) is 1. The van der Waals surface area contributed by atoms with Gasteiger partial charge in [-0.3, -0.25) is 9.59 Å². The lowest BCUT2D eigenvalue weighted by molar-refractivity contribution is -0.136. The Morgan fingerprint density at radius 1 is 1.35 bits per heavy atom. The van der Waals surface area contributed by atoms with Crippen LogP contribution < -0.4 is 4.90 Å². The molecule has 1 aromatic rings. The maximum atomic E-state index is 12.6. The van der Waals surface area contributed by atoms with Gasteiger partial charge in [0.05, 0.1) is 6.42 Å². The molecule has 1 fully saturated rings.